The van der Waals surface area contributed by atoms with E-state index in [1.807, 2.05) is 24.6 Å². The van der Waals surface area contributed by atoms with Crippen LogP contribution in [0.3, 0.4) is 0 Å². The van der Waals surface area contributed by atoms with Gasteiger partial charge in [-0.15, -0.1) is 0 Å². The molecule has 21 heavy (non-hydrogen) atoms. The Bertz CT molecular complexity index is 785. The van der Waals surface area contributed by atoms with Crippen molar-refractivity contribution in [2.45, 2.75) is 26.3 Å². The number of aryl methyl sites for hydroxylation is 2. The van der Waals surface area contributed by atoms with Crippen LogP contribution in [0.2, 0.25) is 10.0 Å². The molecule has 1 aromatic carbocycles. The number of halogens is 2. The van der Waals surface area contributed by atoms with Gasteiger partial charge in [0, 0.05) is 24.8 Å². The molecule has 8 heteroatoms. The van der Waals surface area contributed by atoms with E-state index in [1.165, 1.54) is 0 Å². The van der Waals surface area contributed by atoms with Crippen LogP contribution in [0.4, 0.5) is 0 Å². The van der Waals surface area contributed by atoms with E-state index < -0.39 is 10.1 Å². The molecule has 0 aliphatic rings. The Morgan fingerprint density at radius 3 is 2.48 bits per heavy atom. The molecule has 0 N–H and O–H groups in total. The molecule has 116 valence electrons. The van der Waals surface area contributed by atoms with Crippen molar-refractivity contribution >= 4 is 44.4 Å². The number of hydrogen-bond acceptors (Lipinski definition) is 3. The third kappa shape index (κ3) is 3.69. The Balaban J connectivity index is 2.27. The Morgan fingerprint density at radius 2 is 1.86 bits per heavy atom. The molecule has 0 aliphatic heterocycles. The average Bonchev–Trinajstić information content (AvgIpc) is 2.59. The van der Waals surface area contributed by atoms with Crippen molar-refractivity contribution in [3.63, 3.8) is 0 Å². The first-order valence-corrected chi connectivity index (χ1v) is 8.81. The first-order valence-electron chi connectivity index (χ1n) is 6.48. The van der Waals surface area contributed by atoms with Crippen molar-refractivity contribution in [3.8, 4) is 0 Å². The summed E-state index contributed by atoms with van der Waals surface area (Å²) in [5.74, 6) is 0.678. The lowest BCUT2D eigenvalue weighted by Gasteiger charge is -2.05. The molecule has 0 saturated heterocycles. The quantitative estimate of drug-likeness (QED) is 0.472. The summed E-state index contributed by atoms with van der Waals surface area (Å²) in [7, 11) is -2.21. The van der Waals surface area contributed by atoms with E-state index in [2.05, 4.69) is 4.57 Å². The number of imidazole rings is 1. The van der Waals surface area contributed by atoms with Crippen molar-refractivity contribution in [1.82, 2.24) is 4.57 Å². The number of benzene rings is 1. The van der Waals surface area contributed by atoms with Crippen molar-refractivity contribution < 1.29 is 17.5 Å². The van der Waals surface area contributed by atoms with Crippen LogP contribution >= 0.6 is 23.2 Å². The van der Waals surface area contributed by atoms with Crippen molar-refractivity contribution in [3.05, 3.63) is 28.0 Å². The molecule has 0 aliphatic carbocycles. The van der Waals surface area contributed by atoms with Crippen LogP contribution in [0.5, 0.6) is 0 Å². The summed E-state index contributed by atoms with van der Waals surface area (Å²) in [4.78, 5) is 0. The van der Waals surface area contributed by atoms with Gasteiger partial charge in [-0.25, -0.2) is 17.6 Å². The molecule has 0 atom stereocenters. The fourth-order valence-electron chi connectivity index (χ4n) is 2.37. The molecule has 2 aromatic rings. The zero-order chi connectivity index (χ0) is 15.8. The number of aromatic nitrogens is 2. The van der Waals surface area contributed by atoms with Crippen LogP contribution in [0.15, 0.2) is 12.1 Å². The van der Waals surface area contributed by atoms with Gasteiger partial charge in [-0.3, -0.25) is 0 Å². The van der Waals surface area contributed by atoms with Crippen molar-refractivity contribution in [2.24, 2.45) is 7.05 Å². The highest BCUT2D eigenvalue weighted by atomic mass is 35.5. The average molecular weight is 351 g/mol. The van der Waals surface area contributed by atoms with Crippen LogP contribution in [-0.2, 0) is 23.7 Å². The van der Waals surface area contributed by atoms with E-state index in [0.717, 1.165) is 16.9 Å². The van der Waals surface area contributed by atoms with Gasteiger partial charge in [0.2, 0.25) is 0 Å². The highest BCUT2D eigenvalue weighted by molar-refractivity contribution is 7.85. The predicted octanol–water partition coefficient (Wildman–Crippen LogP) is 2.41. The molecule has 0 amide bonds. The number of rotatable bonds is 5. The molecule has 2 rings (SSSR count). The Morgan fingerprint density at radius 1 is 1.24 bits per heavy atom. The van der Waals surface area contributed by atoms with Gasteiger partial charge in [0.1, 0.15) is 0 Å². The smallest absolute Gasteiger partial charge is 0.253 e. The number of nitrogens with zero attached hydrogens (tertiary/aromatic N) is 2. The van der Waals surface area contributed by atoms with Gasteiger partial charge in [-0.1, -0.05) is 23.2 Å². The summed E-state index contributed by atoms with van der Waals surface area (Å²) in [6.07, 6.45) is 0.947. The first-order chi connectivity index (χ1) is 9.70. The molecule has 0 radical (unpaired) electrons. The maximum absolute atomic E-state index is 10.6. The molecule has 0 unspecified atom stereocenters. The van der Waals surface area contributed by atoms with Gasteiger partial charge in [0.25, 0.3) is 5.82 Å². The maximum atomic E-state index is 10.6. The van der Waals surface area contributed by atoms with Gasteiger partial charge in [0.05, 0.1) is 33.8 Å². The van der Waals surface area contributed by atoms with Gasteiger partial charge >= 0.3 is 0 Å². The lowest BCUT2D eigenvalue weighted by atomic mass is 10.3. The number of hydrogen-bond donors (Lipinski definition) is 0. The number of unbranched alkanes of at least 4 members (excludes halogenated alkanes) is 1. The fraction of sp³-hybridized carbons (Fsp3) is 0.462. The molecule has 0 saturated carbocycles. The standard InChI is InChI=1S/C13H16Cl2N2O3S/c1-9-16(2)12-7-10(14)11(15)8-13(12)17(9)5-3-4-6-21(18,19)20/h7-8H,3-6H2,1-2H3. The predicted molar refractivity (Wildman–Crippen MR) is 81.7 cm³/mol. The van der Waals surface area contributed by atoms with E-state index in [9.17, 15) is 13.0 Å². The third-order valence-electron chi connectivity index (χ3n) is 3.57. The number of fused-ring (bicyclic) bond motifs is 1. The molecule has 5 nitrogen and oxygen atoms in total. The highest BCUT2D eigenvalue weighted by Crippen LogP contribution is 2.27. The Hall–Kier alpha value is -0.820. The van der Waals surface area contributed by atoms with Gasteiger partial charge in [-0.2, -0.15) is 0 Å². The van der Waals surface area contributed by atoms with Crippen LogP contribution in [0.1, 0.15) is 18.7 Å². The van der Waals surface area contributed by atoms with E-state index in [1.54, 1.807) is 6.07 Å². The summed E-state index contributed by atoms with van der Waals surface area (Å²) >= 11 is 12.1. The molecular formula is C13H16Cl2N2O3S. The zero-order valence-electron chi connectivity index (χ0n) is 11.8. The van der Waals surface area contributed by atoms with Gasteiger partial charge in [0.15, 0.2) is 11.0 Å². The second-order valence-corrected chi connectivity index (χ2v) is 7.32. The second kappa shape index (κ2) is 6.12. The molecule has 0 bridgehead atoms. The van der Waals surface area contributed by atoms with Gasteiger partial charge < -0.3 is 4.55 Å². The topological polar surface area (TPSA) is 66.0 Å². The summed E-state index contributed by atoms with van der Waals surface area (Å²) < 4.78 is 35.9. The molecule has 1 heterocycles. The summed E-state index contributed by atoms with van der Waals surface area (Å²) in [5, 5.41) is 0.972. The largest absolute Gasteiger partial charge is 0.748 e. The lowest BCUT2D eigenvalue weighted by Crippen LogP contribution is -2.30. The van der Waals surface area contributed by atoms with E-state index in [0.29, 0.717) is 29.4 Å². The van der Waals surface area contributed by atoms with Crippen molar-refractivity contribution in [1.29, 1.82) is 0 Å². The minimum atomic E-state index is -4.14. The SMILES string of the molecule is Cc1n(CCCCS(=O)(=O)[O-])c2cc(Cl)c(Cl)cc2[n+]1C. The van der Waals surface area contributed by atoms with E-state index >= 15 is 0 Å². The Kier molecular flexibility index (Phi) is 4.82. The molecule has 0 fully saturated rings. The fourth-order valence-corrected chi connectivity index (χ4v) is 3.24. The third-order valence-corrected chi connectivity index (χ3v) is 5.08. The minimum absolute atomic E-state index is 0.329. The Labute approximate surface area is 133 Å². The molecule has 1 aromatic heterocycles. The van der Waals surface area contributed by atoms with Crippen LogP contribution < -0.4 is 4.57 Å². The van der Waals surface area contributed by atoms with Crippen LogP contribution in [-0.4, -0.2) is 23.3 Å². The van der Waals surface area contributed by atoms with E-state index in [-0.39, 0.29) is 5.75 Å². The zero-order valence-corrected chi connectivity index (χ0v) is 14.1. The maximum Gasteiger partial charge on any atom is 0.253 e. The first kappa shape index (κ1) is 16.5. The lowest BCUT2D eigenvalue weighted by molar-refractivity contribution is -0.652. The van der Waals surface area contributed by atoms with Gasteiger partial charge in [-0.05, 0) is 12.8 Å². The monoisotopic (exact) mass is 350 g/mol. The highest BCUT2D eigenvalue weighted by Gasteiger charge is 2.20. The summed E-state index contributed by atoms with van der Waals surface area (Å²) in [6, 6.07) is 3.61. The summed E-state index contributed by atoms with van der Waals surface area (Å²) in [6.45, 7) is 2.59. The normalized spacial score (nSPS) is 12.2. The minimum Gasteiger partial charge on any atom is -0.748 e. The van der Waals surface area contributed by atoms with Crippen molar-refractivity contribution in [2.75, 3.05) is 5.75 Å². The van der Waals surface area contributed by atoms with E-state index in [4.69, 9.17) is 23.2 Å². The molecule has 0 spiro atoms. The van der Waals surface area contributed by atoms with Crippen LogP contribution in [0, 0.1) is 6.92 Å². The molecular weight excluding hydrogens is 335 g/mol. The summed E-state index contributed by atoms with van der Waals surface area (Å²) in [5.41, 5.74) is 1.90. The second-order valence-electron chi connectivity index (χ2n) is 4.98. The van der Waals surface area contributed by atoms with Crippen LogP contribution in [0.25, 0.3) is 11.0 Å².